The summed E-state index contributed by atoms with van der Waals surface area (Å²) in [5, 5.41) is 30.9. The van der Waals surface area contributed by atoms with Gasteiger partial charge in [-0.15, -0.1) is 0 Å². The number of fused-ring (bicyclic) bond motifs is 1. The third-order valence-electron chi connectivity index (χ3n) is 5.42. The zero-order valence-corrected chi connectivity index (χ0v) is 20.0. The Kier molecular flexibility index (Phi) is 5.80. The standard InChI is InChI=1S/C25H32N2O5/c1-24(2,3)16-9-14(10-17(22(16)29)25(4,5)6)18(28)13-27-23(26)15-11-20(30-7)21(31-8)12-19(15)32-27/h9-13,26,28-29H,1-8H3. The molecule has 0 aliphatic heterocycles. The van der Waals surface area contributed by atoms with Crippen LogP contribution >= 0.6 is 0 Å². The molecule has 3 N–H and O–H groups in total. The number of ether oxygens (including phenoxy) is 2. The van der Waals surface area contributed by atoms with Gasteiger partial charge >= 0.3 is 0 Å². The molecule has 172 valence electrons. The molecule has 3 rings (SSSR count). The summed E-state index contributed by atoms with van der Waals surface area (Å²) < 4.78 is 17.6. The monoisotopic (exact) mass is 440 g/mol. The fourth-order valence-corrected chi connectivity index (χ4v) is 3.59. The second kappa shape index (κ2) is 7.97. The number of aromatic nitrogens is 1. The van der Waals surface area contributed by atoms with Crippen molar-refractivity contribution in [3.05, 3.63) is 46.4 Å². The fourth-order valence-electron chi connectivity index (χ4n) is 3.59. The molecule has 0 amide bonds. The highest BCUT2D eigenvalue weighted by Gasteiger charge is 2.27. The van der Waals surface area contributed by atoms with Gasteiger partial charge < -0.3 is 24.2 Å². The van der Waals surface area contributed by atoms with E-state index in [9.17, 15) is 10.2 Å². The van der Waals surface area contributed by atoms with Gasteiger partial charge in [-0.2, -0.15) is 4.74 Å². The molecule has 1 heterocycles. The number of rotatable bonds is 4. The second-order valence-corrected chi connectivity index (χ2v) is 9.90. The second-order valence-electron chi connectivity index (χ2n) is 9.90. The van der Waals surface area contributed by atoms with E-state index in [1.807, 2.05) is 41.5 Å². The number of nitrogens with zero attached hydrogens (tertiary/aromatic N) is 1. The SMILES string of the molecule is COc1cc2on(C=C(O)c3cc(C(C)(C)C)c(O)c(C(C)(C)C)c3)c(=N)c2cc1OC. The molecule has 0 unspecified atom stereocenters. The number of benzene rings is 2. The van der Waals surface area contributed by atoms with Gasteiger partial charge in [0.05, 0.1) is 25.8 Å². The molecular formula is C25H32N2O5. The van der Waals surface area contributed by atoms with E-state index in [-0.39, 0.29) is 27.8 Å². The Bertz CT molecular complexity index is 1220. The first kappa shape index (κ1) is 23.3. The van der Waals surface area contributed by atoms with Crippen molar-refractivity contribution in [3.8, 4) is 17.2 Å². The Morgan fingerprint density at radius 2 is 1.44 bits per heavy atom. The normalized spacial score (nSPS) is 12.9. The van der Waals surface area contributed by atoms with Crippen molar-refractivity contribution in [2.45, 2.75) is 52.4 Å². The van der Waals surface area contributed by atoms with E-state index >= 15 is 0 Å². The maximum Gasteiger partial charge on any atom is 0.172 e. The number of methoxy groups -OCH3 is 2. The zero-order valence-electron chi connectivity index (χ0n) is 20.0. The Morgan fingerprint density at radius 1 is 0.938 bits per heavy atom. The minimum atomic E-state index is -0.333. The smallest absolute Gasteiger partial charge is 0.172 e. The van der Waals surface area contributed by atoms with Crippen LogP contribution in [0.25, 0.3) is 22.9 Å². The number of hydrogen-bond acceptors (Lipinski definition) is 6. The molecule has 32 heavy (non-hydrogen) atoms. The molecule has 0 spiro atoms. The summed E-state index contributed by atoms with van der Waals surface area (Å²) in [5.74, 6) is 1.12. The highest BCUT2D eigenvalue weighted by atomic mass is 16.5. The molecule has 0 aliphatic rings. The molecule has 1 aromatic heterocycles. The highest BCUT2D eigenvalue weighted by molar-refractivity contribution is 5.81. The first-order valence-corrected chi connectivity index (χ1v) is 10.4. The summed E-state index contributed by atoms with van der Waals surface area (Å²) in [6.45, 7) is 12.1. The van der Waals surface area contributed by atoms with Crippen LogP contribution in [0, 0.1) is 5.41 Å². The zero-order chi connectivity index (χ0) is 24.0. The van der Waals surface area contributed by atoms with Crippen LogP contribution in [0.1, 0.15) is 58.2 Å². The Balaban J connectivity index is 2.20. The minimum Gasteiger partial charge on any atom is -0.507 e. The largest absolute Gasteiger partial charge is 0.507 e. The molecule has 3 aromatic rings. The van der Waals surface area contributed by atoms with Gasteiger partial charge in [0.2, 0.25) is 0 Å². The summed E-state index contributed by atoms with van der Waals surface area (Å²) in [5.41, 5.74) is 1.80. The average molecular weight is 441 g/mol. The maximum atomic E-state index is 11.0. The van der Waals surface area contributed by atoms with Crippen molar-refractivity contribution in [2.75, 3.05) is 14.2 Å². The number of aromatic hydroxyl groups is 1. The number of hydrogen-bond donors (Lipinski definition) is 3. The van der Waals surface area contributed by atoms with Crippen LogP contribution in [0.3, 0.4) is 0 Å². The lowest BCUT2D eigenvalue weighted by atomic mass is 9.78. The Hall–Kier alpha value is -3.35. The molecule has 0 atom stereocenters. The van der Waals surface area contributed by atoms with Gasteiger partial charge in [0.15, 0.2) is 22.6 Å². The van der Waals surface area contributed by atoms with Crippen molar-refractivity contribution in [1.82, 2.24) is 4.74 Å². The summed E-state index contributed by atoms with van der Waals surface area (Å²) in [6.07, 6.45) is 1.35. The van der Waals surface area contributed by atoms with Crippen LogP contribution in [0.4, 0.5) is 0 Å². The van der Waals surface area contributed by atoms with E-state index < -0.39 is 0 Å². The summed E-state index contributed by atoms with van der Waals surface area (Å²) in [7, 11) is 3.05. The molecule has 0 saturated heterocycles. The van der Waals surface area contributed by atoms with Gasteiger partial charge in [0.25, 0.3) is 0 Å². The molecule has 0 saturated carbocycles. The number of nitrogens with one attached hydrogen (secondary N) is 1. The number of phenolic OH excluding ortho intramolecular Hbond substituents is 1. The molecule has 0 fully saturated rings. The number of phenols is 1. The third kappa shape index (κ3) is 4.20. The highest BCUT2D eigenvalue weighted by Crippen LogP contribution is 2.41. The molecule has 0 radical (unpaired) electrons. The third-order valence-corrected chi connectivity index (χ3v) is 5.42. The topological polar surface area (TPSA) is 101 Å². The quantitative estimate of drug-likeness (QED) is 0.462. The van der Waals surface area contributed by atoms with Crippen LogP contribution in [-0.2, 0) is 10.8 Å². The van der Waals surface area contributed by atoms with Gasteiger partial charge in [0, 0.05) is 22.8 Å². The van der Waals surface area contributed by atoms with Crippen molar-refractivity contribution >= 4 is 22.9 Å². The van der Waals surface area contributed by atoms with E-state index in [2.05, 4.69) is 0 Å². The van der Waals surface area contributed by atoms with E-state index in [0.29, 0.717) is 28.0 Å². The molecule has 2 aromatic carbocycles. The maximum absolute atomic E-state index is 11.0. The van der Waals surface area contributed by atoms with Crippen molar-refractivity contribution in [3.63, 3.8) is 0 Å². The van der Waals surface area contributed by atoms with Gasteiger partial charge in [0.1, 0.15) is 11.5 Å². The number of aliphatic hydroxyl groups excluding tert-OH is 1. The first-order valence-electron chi connectivity index (χ1n) is 10.4. The van der Waals surface area contributed by atoms with E-state index in [0.717, 1.165) is 11.1 Å². The van der Waals surface area contributed by atoms with Gasteiger partial charge in [-0.3, -0.25) is 5.41 Å². The first-order chi connectivity index (χ1) is 14.8. The van der Waals surface area contributed by atoms with Crippen LogP contribution in [-0.4, -0.2) is 29.2 Å². The Labute approximate surface area is 188 Å². The van der Waals surface area contributed by atoms with Crippen molar-refractivity contribution in [2.24, 2.45) is 0 Å². The number of aliphatic hydroxyl groups is 1. The van der Waals surface area contributed by atoms with Crippen LogP contribution in [0.5, 0.6) is 17.2 Å². The Morgan fingerprint density at radius 3 is 1.91 bits per heavy atom. The summed E-state index contributed by atoms with van der Waals surface area (Å²) in [6, 6.07) is 6.85. The molecule has 7 nitrogen and oxygen atoms in total. The van der Waals surface area contributed by atoms with Gasteiger partial charge in [-0.05, 0) is 29.0 Å². The predicted octanol–water partition coefficient (Wildman–Crippen LogP) is 5.55. The fraction of sp³-hybridized carbons (Fsp3) is 0.400. The van der Waals surface area contributed by atoms with E-state index in [4.69, 9.17) is 19.4 Å². The lowest BCUT2D eigenvalue weighted by Gasteiger charge is -2.28. The van der Waals surface area contributed by atoms with Crippen molar-refractivity contribution < 1.29 is 24.2 Å². The minimum absolute atomic E-state index is 0.0540. The molecule has 0 bridgehead atoms. The van der Waals surface area contributed by atoms with E-state index in [1.165, 1.54) is 25.2 Å². The van der Waals surface area contributed by atoms with E-state index in [1.54, 1.807) is 24.3 Å². The summed E-state index contributed by atoms with van der Waals surface area (Å²) >= 11 is 0. The molecule has 7 heteroatoms. The average Bonchev–Trinajstić information content (AvgIpc) is 2.99. The lowest BCUT2D eigenvalue weighted by molar-refractivity contribution is 0.352. The molecular weight excluding hydrogens is 408 g/mol. The van der Waals surface area contributed by atoms with Crippen molar-refractivity contribution in [1.29, 1.82) is 5.41 Å². The van der Waals surface area contributed by atoms with Gasteiger partial charge in [-0.25, -0.2) is 0 Å². The predicted molar refractivity (Wildman–Crippen MR) is 125 cm³/mol. The lowest BCUT2D eigenvalue weighted by Crippen LogP contribution is -2.18. The molecule has 0 aliphatic carbocycles. The summed E-state index contributed by atoms with van der Waals surface area (Å²) in [4.78, 5) is 0. The van der Waals surface area contributed by atoms with Crippen LogP contribution in [0.15, 0.2) is 28.8 Å². The van der Waals surface area contributed by atoms with Crippen LogP contribution < -0.4 is 15.0 Å². The van der Waals surface area contributed by atoms with Crippen LogP contribution in [0.2, 0.25) is 0 Å². The van der Waals surface area contributed by atoms with Gasteiger partial charge in [-0.1, -0.05) is 41.5 Å².